The summed E-state index contributed by atoms with van der Waals surface area (Å²) in [6.07, 6.45) is 6.25. The van der Waals surface area contributed by atoms with Crippen LogP contribution in [0.25, 0.3) is 0 Å². The Morgan fingerprint density at radius 1 is 1.25 bits per heavy atom. The third-order valence-corrected chi connectivity index (χ3v) is 3.02. The predicted octanol–water partition coefficient (Wildman–Crippen LogP) is 2.59. The fraction of sp³-hybridized carbons (Fsp3) is 0.923. The molecular weight excluding hydrogens is 202 g/mol. The van der Waals surface area contributed by atoms with Crippen LogP contribution in [0.15, 0.2) is 0 Å². The molecule has 3 nitrogen and oxygen atoms in total. The fourth-order valence-electron chi connectivity index (χ4n) is 2.19. The molecular formula is C13H25NO2. The highest BCUT2D eigenvalue weighted by atomic mass is 16.5. The zero-order valence-electron chi connectivity index (χ0n) is 10.7. The van der Waals surface area contributed by atoms with Crippen LogP contribution in [0.5, 0.6) is 0 Å². The topological polar surface area (TPSA) is 29.5 Å². The Hall–Kier alpha value is -0.570. The lowest BCUT2D eigenvalue weighted by molar-refractivity contribution is -0.135. The van der Waals surface area contributed by atoms with Crippen molar-refractivity contribution in [3.8, 4) is 0 Å². The van der Waals surface area contributed by atoms with E-state index in [0.29, 0.717) is 6.42 Å². The van der Waals surface area contributed by atoms with Gasteiger partial charge in [-0.15, -0.1) is 0 Å². The number of carbonyl (C=O) groups is 1. The van der Waals surface area contributed by atoms with Crippen LogP contribution in [-0.2, 0) is 9.53 Å². The van der Waals surface area contributed by atoms with Gasteiger partial charge in [0, 0.05) is 19.7 Å². The van der Waals surface area contributed by atoms with Crippen LogP contribution in [0.4, 0.5) is 0 Å². The first-order chi connectivity index (χ1) is 7.77. The lowest BCUT2D eigenvalue weighted by Crippen LogP contribution is -2.36. The summed E-state index contributed by atoms with van der Waals surface area (Å²) in [4.78, 5) is 14.0. The van der Waals surface area contributed by atoms with Gasteiger partial charge in [0.1, 0.15) is 0 Å². The van der Waals surface area contributed by atoms with Crippen molar-refractivity contribution in [2.75, 3.05) is 19.7 Å². The Morgan fingerprint density at radius 2 is 1.94 bits per heavy atom. The Kier molecular flexibility index (Phi) is 6.46. The third kappa shape index (κ3) is 4.52. The quantitative estimate of drug-likeness (QED) is 0.698. The number of nitrogens with zero attached hydrogens (tertiary/aromatic N) is 1. The van der Waals surface area contributed by atoms with Crippen molar-refractivity contribution in [1.82, 2.24) is 4.90 Å². The summed E-state index contributed by atoms with van der Waals surface area (Å²) in [7, 11) is 0. The van der Waals surface area contributed by atoms with Gasteiger partial charge in [0.2, 0.25) is 5.91 Å². The van der Waals surface area contributed by atoms with Gasteiger partial charge in [0.15, 0.2) is 0 Å². The molecule has 0 aliphatic carbocycles. The molecule has 1 rings (SSSR count). The minimum absolute atomic E-state index is 0.178. The van der Waals surface area contributed by atoms with E-state index >= 15 is 0 Å². The largest absolute Gasteiger partial charge is 0.378 e. The lowest BCUT2D eigenvalue weighted by atomic mass is 10.1. The molecule has 0 spiro atoms. The van der Waals surface area contributed by atoms with Crippen molar-refractivity contribution in [2.24, 2.45) is 0 Å². The molecule has 94 valence electrons. The van der Waals surface area contributed by atoms with E-state index in [2.05, 4.69) is 13.8 Å². The number of rotatable bonds is 6. The van der Waals surface area contributed by atoms with E-state index in [0.717, 1.165) is 45.4 Å². The molecule has 0 aromatic rings. The zero-order chi connectivity index (χ0) is 11.8. The van der Waals surface area contributed by atoms with Gasteiger partial charge in [-0.05, 0) is 32.1 Å². The van der Waals surface area contributed by atoms with Crippen LogP contribution in [0.3, 0.4) is 0 Å². The highest BCUT2D eigenvalue weighted by Gasteiger charge is 2.20. The molecule has 3 heteroatoms. The van der Waals surface area contributed by atoms with Crippen molar-refractivity contribution < 1.29 is 9.53 Å². The summed E-state index contributed by atoms with van der Waals surface area (Å²) in [6.45, 7) is 6.85. The first-order valence-electron chi connectivity index (χ1n) is 6.67. The van der Waals surface area contributed by atoms with Crippen LogP contribution in [0.2, 0.25) is 0 Å². The molecule has 0 saturated carbocycles. The summed E-state index contributed by atoms with van der Waals surface area (Å²) in [5, 5.41) is 0. The van der Waals surface area contributed by atoms with Crippen molar-refractivity contribution in [1.29, 1.82) is 0 Å². The van der Waals surface area contributed by atoms with E-state index < -0.39 is 0 Å². The molecule has 1 saturated heterocycles. The second-order valence-corrected chi connectivity index (χ2v) is 4.57. The van der Waals surface area contributed by atoms with Gasteiger partial charge in [-0.1, -0.05) is 13.8 Å². The maximum Gasteiger partial charge on any atom is 0.225 e. The minimum atomic E-state index is 0.178. The minimum Gasteiger partial charge on any atom is -0.378 e. The molecule has 1 fully saturated rings. The van der Waals surface area contributed by atoms with Crippen molar-refractivity contribution in [3.05, 3.63) is 0 Å². The van der Waals surface area contributed by atoms with Gasteiger partial charge >= 0.3 is 0 Å². The number of amides is 1. The monoisotopic (exact) mass is 227 g/mol. The van der Waals surface area contributed by atoms with Crippen LogP contribution >= 0.6 is 0 Å². The van der Waals surface area contributed by atoms with E-state index in [4.69, 9.17) is 4.74 Å². The lowest BCUT2D eigenvalue weighted by Gasteiger charge is -2.26. The molecule has 1 heterocycles. The second kappa shape index (κ2) is 7.66. The number of hydrogen-bond donors (Lipinski definition) is 0. The van der Waals surface area contributed by atoms with E-state index in [1.165, 1.54) is 6.42 Å². The van der Waals surface area contributed by atoms with Crippen molar-refractivity contribution in [3.63, 3.8) is 0 Å². The zero-order valence-corrected chi connectivity index (χ0v) is 10.7. The van der Waals surface area contributed by atoms with Crippen molar-refractivity contribution in [2.45, 2.75) is 58.5 Å². The van der Waals surface area contributed by atoms with E-state index in [1.54, 1.807) is 0 Å². The van der Waals surface area contributed by atoms with Crippen LogP contribution < -0.4 is 0 Å². The number of ether oxygens (including phenoxy) is 1. The molecule has 0 aromatic heterocycles. The predicted molar refractivity (Wildman–Crippen MR) is 65.4 cm³/mol. The normalized spacial score (nSPS) is 20.8. The van der Waals surface area contributed by atoms with Crippen LogP contribution in [0.1, 0.15) is 52.4 Å². The van der Waals surface area contributed by atoms with E-state index in [-0.39, 0.29) is 12.0 Å². The van der Waals surface area contributed by atoms with Crippen molar-refractivity contribution >= 4 is 5.91 Å². The molecule has 0 bridgehead atoms. The SMILES string of the molecule is CCCN(CCC)C(=O)CC1CCCCO1. The third-order valence-electron chi connectivity index (χ3n) is 3.02. The molecule has 0 radical (unpaired) electrons. The Balaban J connectivity index is 2.34. The summed E-state index contributed by atoms with van der Waals surface area (Å²) in [6, 6.07) is 0. The molecule has 1 atom stereocenters. The Labute approximate surface area is 99.1 Å². The summed E-state index contributed by atoms with van der Waals surface area (Å²) in [5.74, 6) is 0.274. The van der Waals surface area contributed by atoms with Crippen LogP contribution in [0, 0.1) is 0 Å². The van der Waals surface area contributed by atoms with Gasteiger partial charge in [-0.2, -0.15) is 0 Å². The Bertz CT molecular complexity index is 194. The average molecular weight is 227 g/mol. The highest BCUT2D eigenvalue weighted by Crippen LogP contribution is 2.16. The molecule has 1 amide bonds. The molecule has 0 N–H and O–H groups in total. The van der Waals surface area contributed by atoms with Gasteiger partial charge in [-0.25, -0.2) is 0 Å². The second-order valence-electron chi connectivity index (χ2n) is 4.57. The maximum atomic E-state index is 12.0. The molecule has 16 heavy (non-hydrogen) atoms. The standard InChI is InChI=1S/C13H25NO2/c1-3-8-14(9-4-2)13(15)11-12-7-5-6-10-16-12/h12H,3-11H2,1-2H3. The molecule has 1 unspecified atom stereocenters. The molecule has 1 aliphatic heterocycles. The molecule has 1 aliphatic rings. The molecule has 0 aromatic carbocycles. The van der Waals surface area contributed by atoms with E-state index in [1.807, 2.05) is 4.90 Å². The number of carbonyl (C=O) groups excluding carboxylic acids is 1. The maximum absolute atomic E-state index is 12.0. The van der Waals surface area contributed by atoms with Gasteiger partial charge in [0.05, 0.1) is 12.5 Å². The van der Waals surface area contributed by atoms with Crippen LogP contribution in [-0.4, -0.2) is 36.6 Å². The van der Waals surface area contributed by atoms with Gasteiger partial charge in [-0.3, -0.25) is 4.79 Å². The summed E-state index contributed by atoms with van der Waals surface area (Å²) >= 11 is 0. The van der Waals surface area contributed by atoms with Gasteiger partial charge < -0.3 is 9.64 Å². The number of hydrogen-bond acceptors (Lipinski definition) is 2. The summed E-state index contributed by atoms with van der Waals surface area (Å²) < 4.78 is 5.61. The Morgan fingerprint density at radius 3 is 2.44 bits per heavy atom. The smallest absolute Gasteiger partial charge is 0.225 e. The van der Waals surface area contributed by atoms with E-state index in [9.17, 15) is 4.79 Å². The fourth-order valence-corrected chi connectivity index (χ4v) is 2.19. The van der Waals surface area contributed by atoms with Gasteiger partial charge in [0.25, 0.3) is 0 Å². The first kappa shape index (κ1) is 13.5. The summed E-state index contributed by atoms with van der Waals surface area (Å²) in [5.41, 5.74) is 0. The first-order valence-corrected chi connectivity index (χ1v) is 6.67. The average Bonchev–Trinajstić information content (AvgIpc) is 2.30. The highest BCUT2D eigenvalue weighted by molar-refractivity contribution is 5.76.